The van der Waals surface area contributed by atoms with Gasteiger partial charge in [0.15, 0.2) is 0 Å². The quantitative estimate of drug-likeness (QED) is 0.608. The number of benzene rings is 1. The highest BCUT2D eigenvalue weighted by molar-refractivity contribution is 5.28. The third-order valence-electron chi connectivity index (χ3n) is 5.79. The van der Waals surface area contributed by atoms with Crippen LogP contribution >= 0.6 is 0 Å². The first-order valence-electron chi connectivity index (χ1n) is 8.93. The van der Waals surface area contributed by atoms with Crippen molar-refractivity contribution in [1.82, 2.24) is 0 Å². The lowest BCUT2D eigenvalue weighted by Gasteiger charge is -2.51. The fraction of sp³-hybridized carbons (Fsp3) is 0.545. The Balaban J connectivity index is 1.94. The maximum absolute atomic E-state index is 6.80. The maximum atomic E-state index is 6.80. The second-order valence-corrected chi connectivity index (χ2v) is 7.97. The van der Waals surface area contributed by atoms with Gasteiger partial charge in [-0.05, 0) is 65.4 Å². The van der Waals surface area contributed by atoms with Gasteiger partial charge >= 0.3 is 0 Å². The van der Waals surface area contributed by atoms with E-state index in [-0.39, 0.29) is 11.7 Å². The highest BCUT2D eigenvalue weighted by Crippen LogP contribution is 2.52. The minimum Gasteiger partial charge on any atom is -0.366 e. The standard InChI is InChI=1S/C22H30O/c1-15(2)12-13-22(5)19-11-8-17(4)20(14-19)21(23-22)18-9-6-16(3)7-10-18/h6-10,12,19-21H,11,13-14H2,1-5H3/t19-,20+,21+,22+/m0/s1. The molecule has 0 spiro atoms. The van der Waals surface area contributed by atoms with E-state index < -0.39 is 0 Å². The van der Waals surface area contributed by atoms with Crippen molar-refractivity contribution in [3.8, 4) is 0 Å². The first-order valence-corrected chi connectivity index (χ1v) is 8.93. The van der Waals surface area contributed by atoms with Gasteiger partial charge in [-0.1, -0.05) is 53.1 Å². The van der Waals surface area contributed by atoms with Crippen LogP contribution in [-0.4, -0.2) is 5.60 Å². The van der Waals surface area contributed by atoms with E-state index in [2.05, 4.69) is 71.0 Å². The van der Waals surface area contributed by atoms with Crippen LogP contribution in [-0.2, 0) is 4.74 Å². The van der Waals surface area contributed by atoms with Crippen molar-refractivity contribution in [3.05, 3.63) is 58.7 Å². The lowest BCUT2D eigenvalue weighted by Crippen LogP contribution is -2.47. The van der Waals surface area contributed by atoms with Gasteiger partial charge in [-0.2, -0.15) is 0 Å². The van der Waals surface area contributed by atoms with Crippen LogP contribution in [0.1, 0.15) is 64.2 Å². The molecular formula is C22H30O. The maximum Gasteiger partial charge on any atom is 0.0897 e. The van der Waals surface area contributed by atoms with Crippen LogP contribution in [0.25, 0.3) is 0 Å². The van der Waals surface area contributed by atoms with Gasteiger partial charge in [0.25, 0.3) is 0 Å². The summed E-state index contributed by atoms with van der Waals surface area (Å²) in [5.74, 6) is 1.17. The molecule has 0 amide bonds. The lowest BCUT2D eigenvalue weighted by atomic mass is 9.67. The smallest absolute Gasteiger partial charge is 0.0897 e. The van der Waals surface area contributed by atoms with Gasteiger partial charge in [0.05, 0.1) is 11.7 Å². The molecule has 4 atom stereocenters. The second-order valence-electron chi connectivity index (χ2n) is 7.97. The number of aryl methyl sites for hydroxylation is 1. The molecule has 0 saturated carbocycles. The van der Waals surface area contributed by atoms with Gasteiger partial charge in [0.1, 0.15) is 0 Å². The van der Waals surface area contributed by atoms with Crippen LogP contribution in [0.5, 0.6) is 0 Å². The first-order chi connectivity index (χ1) is 10.9. The number of allylic oxidation sites excluding steroid dienone is 2. The number of ether oxygens (including phenoxy) is 1. The highest BCUT2D eigenvalue weighted by atomic mass is 16.5. The molecule has 1 aromatic rings. The fourth-order valence-electron chi connectivity index (χ4n) is 4.08. The molecular weight excluding hydrogens is 280 g/mol. The fourth-order valence-corrected chi connectivity index (χ4v) is 4.08. The van der Waals surface area contributed by atoms with E-state index in [0.717, 1.165) is 12.8 Å². The molecule has 1 heteroatoms. The number of hydrogen-bond acceptors (Lipinski definition) is 1. The SMILES string of the molecule is CC(C)=CC[C@@]1(C)O[C@H](c2ccc(C)cc2)[C@@H]2C[C@@H]1CC=C2C. The van der Waals surface area contributed by atoms with Crippen LogP contribution in [0.4, 0.5) is 0 Å². The summed E-state index contributed by atoms with van der Waals surface area (Å²) >= 11 is 0. The Bertz CT molecular complexity index is 618. The Morgan fingerprint density at radius 2 is 1.91 bits per heavy atom. The predicted molar refractivity (Wildman–Crippen MR) is 97.4 cm³/mol. The topological polar surface area (TPSA) is 9.23 Å². The third kappa shape index (κ3) is 3.30. The zero-order valence-electron chi connectivity index (χ0n) is 15.2. The zero-order valence-corrected chi connectivity index (χ0v) is 15.2. The van der Waals surface area contributed by atoms with Gasteiger partial charge in [-0.15, -0.1) is 0 Å². The molecule has 0 radical (unpaired) electrons. The first kappa shape index (κ1) is 16.5. The van der Waals surface area contributed by atoms with Gasteiger partial charge in [0, 0.05) is 5.92 Å². The van der Waals surface area contributed by atoms with Gasteiger partial charge < -0.3 is 4.74 Å². The third-order valence-corrected chi connectivity index (χ3v) is 5.79. The molecule has 1 aliphatic carbocycles. The van der Waals surface area contributed by atoms with Gasteiger partial charge in [0.2, 0.25) is 0 Å². The average molecular weight is 310 g/mol. The van der Waals surface area contributed by atoms with E-state index in [1.807, 2.05) is 0 Å². The van der Waals surface area contributed by atoms with Crippen molar-refractivity contribution < 1.29 is 4.74 Å². The highest BCUT2D eigenvalue weighted by Gasteiger charge is 2.47. The number of fused-ring (bicyclic) bond motifs is 2. The molecule has 2 aliphatic rings. The largest absolute Gasteiger partial charge is 0.366 e. The Morgan fingerprint density at radius 1 is 1.22 bits per heavy atom. The summed E-state index contributed by atoms with van der Waals surface area (Å²) in [6.45, 7) is 11.1. The molecule has 1 nitrogen and oxygen atoms in total. The minimum atomic E-state index is -0.0550. The average Bonchev–Trinajstić information content (AvgIpc) is 2.52. The Morgan fingerprint density at radius 3 is 2.57 bits per heavy atom. The van der Waals surface area contributed by atoms with E-state index in [9.17, 15) is 0 Å². The van der Waals surface area contributed by atoms with E-state index in [0.29, 0.717) is 11.8 Å². The predicted octanol–water partition coefficient (Wildman–Crippen LogP) is 6.15. The van der Waals surface area contributed by atoms with E-state index in [1.165, 1.54) is 28.7 Å². The van der Waals surface area contributed by atoms with Crippen LogP contribution < -0.4 is 0 Å². The summed E-state index contributed by atoms with van der Waals surface area (Å²) < 4.78 is 6.80. The van der Waals surface area contributed by atoms with Crippen molar-refractivity contribution in [1.29, 1.82) is 0 Å². The summed E-state index contributed by atoms with van der Waals surface area (Å²) in [6, 6.07) is 8.92. The van der Waals surface area contributed by atoms with Crippen LogP contribution in [0, 0.1) is 18.8 Å². The molecule has 0 N–H and O–H groups in total. The molecule has 2 bridgehead atoms. The molecule has 1 fully saturated rings. The summed E-state index contributed by atoms with van der Waals surface area (Å²) in [7, 11) is 0. The summed E-state index contributed by atoms with van der Waals surface area (Å²) in [4.78, 5) is 0. The van der Waals surface area contributed by atoms with Crippen LogP contribution in [0.2, 0.25) is 0 Å². The van der Waals surface area contributed by atoms with Crippen molar-refractivity contribution in [2.75, 3.05) is 0 Å². The molecule has 1 saturated heterocycles. The van der Waals surface area contributed by atoms with Crippen molar-refractivity contribution in [3.63, 3.8) is 0 Å². The van der Waals surface area contributed by atoms with Crippen molar-refractivity contribution >= 4 is 0 Å². The van der Waals surface area contributed by atoms with E-state index >= 15 is 0 Å². The van der Waals surface area contributed by atoms with Gasteiger partial charge in [-0.3, -0.25) is 0 Å². The van der Waals surface area contributed by atoms with Crippen molar-refractivity contribution in [2.45, 2.75) is 65.6 Å². The molecule has 124 valence electrons. The van der Waals surface area contributed by atoms with E-state index in [1.54, 1.807) is 0 Å². The molecule has 0 aromatic heterocycles. The normalized spacial score (nSPS) is 33.1. The molecule has 1 aliphatic heterocycles. The zero-order chi connectivity index (χ0) is 16.6. The minimum absolute atomic E-state index is 0.0550. The number of hydrogen-bond donors (Lipinski definition) is 0. The molecule has 3 rings (SSSR count). The Labute approximate surface area is 141 Å². The van der Waals surface area contributed by atoms with Crippen molar-refractivity contribution in [2.24, 2.45) is 11.8 Å². The molecule has 1 heterocycles. The van der Waals surface area contributed by atoms with E-state index in [4.69, 9.17) is 4.74 Å². The molecule has 1 aromatic carbocycles. The van der Waals surface area contributed by atoms with Crippen LogP contribution in [0.15, 0.2) is 47.6 Å². The van der Waals surface area contributed by atoms with Crippen LogP contribution in [0.3, 0.4) is 0 Å². The molecule has 23 heavy (non-hydrogen) atoms. The summed E-state index contributed by atoms with van der Waals surface area (Å²) in [5, 5.41) is 0. The lowest BCUT2D eigenvalue weighted by molar-refractivity contribution is -0.175. The van der Waals surface area contributed by atoms with Gasteiger partial charge in [-0.25, -0.2) is 0 Å². The monoisotopic (exact) mass is 310 g/mol. The second kappa shape index (κ2) is 6.28. The molecule has 0 unspecified atom stereocenters. The Hall–Kier alpha value is -1.34. The Kier molecular flexibility index (Phi) is 4.51. The summed E-state index contributed by atoms with van der Waals surface area (Å²) in [6.07, 6.45) is 8.44. The number of rotatable bonds is 3. The summed E-state index contributed by atoms with van der Waals surface area (Å²) in [5.41, 5.74) is 5.48.